The van der Waals surface area contributed by atoms with Gasteiger partial charge in [-0.15, -0.1) is 11.3 Å². The molecule has 0 unspecified atom stereocenters. The fraction of sp³-hybridized carbons (Fsp3) is 0.714. The minimum Gasteiger partial charge on any atom is -0.477 e. The van der Waals surface area contributed by atoms with Crippen LogP contribution in [0.2, 0.25) is 0 Å². The first-order chi connectivity index (χ1) is 9.58. The Hall–Kier alpha value is -0.980. The minimum absolute atomic E-state index is 0.161. The van der Waals surface area contributed by atoms with Crippen LogP contribution >= 0.6 is 11.3 Å². The third-order valence-electron chi connectivity index (χ3n) is 3.51. The molecular formula is C14H23N3O2S. The van der Waals surface area contributed by atoms with Gasteiger partial charge in [0.05, 0.1) is 10.7 Å². The van der Waals surface area contributed by atoms with E-state index < -0.39 is 5.97 Å². The Labute approximate surface area is 124 Å². The molecule has 2 heterocycles. The molecule has 1 fully saturated rings. The highest BCUT2D eigenvalue weighted by Crippen LogP contribution is 2.25. The summed E-state index contributed by atoms with van der Waals surface area (Å²) in [6, 6.07) is 0. The number of hydrogen-bond acceptors (Lipinski definition) is 5. The molecule has 1 aromatic rings. The summed E-state index contributed by atoms with van der Waals surface area (Å²) in [5.41, 5.74) is 0.732. The summed E-state index contributed by atoms with van der Waals surface area (Å²) in [6.07, 6.45) is 2.02. The lowest BCUT2D eigenvalue weighted by Crippen LogP contribution is -2.30. The number of aromatic nitrogens is 1. The Morgan fingerprint density at radius 3 is 2.90 bits per heavy atom. The van der Waals surface area contributed by atoms with Gasteiger partial charge in [-0.3, -0.25) is 0 Å². The molecule has 112 valence electrons. The molecule has 6 heteroatoms. The number of thiazole rings is 1. The zero-order valence-corrected chi connectivity index (χ0v) is 13.0. The van der Waals surface area contributed by atoms with Crippen molar-refractivity contribution in [2.45, 2.75) is 32.6 Å². The van der Waals surface area contributed by atoms with Gasteiger partial charge in [0, 0.05) is 26.1 Å². The van der Waals surface area contributed by atoms with E-state index in [0.29, 0.717) is 4.88 Å². The van der Waals surface area contributed by atoms with Gasteiger partial charge in [-0.1, -0.05) is 13.8 Å². The maximum atomic E-state index is 11.2. The Kier molecular flexibility index (Phi) is 5.51. The van der Waals surface area contributed by atoms with Crippen LogP contribution < -0.4 is 5.32 Å². The quantitative estimate of drug-likeness (QED) is 0.867. The number of aromatic carboxylic acids is 1. The second kappa shape index (κ2) is 7.15. The van der Waals surface area contributed by atoms with Crippen LogP contribution in [-0.2, 0) is 6.42 Å². The maximum Gasteiger partial charge on any atom is 0.347 e. The number of nitrogens with zero attached hydrogens (tertiary/aromatic N) is 2. The number of rotatable bonds is 5. The van der Waals surface area contributed by atoms with E-state index in [4.69, 9.17) is 0 Å². The summed E-state index contributed by atoms with van der Waals surface area (Å²) in [4.78, 5) is 18.6. The summed E-state index contributed by atoms with van der Waals surface area (Å²) in [7, 11) is 0. The molecule has 20 heavy (non-hydrogen) atoms. The number of nitrogens with one attached hydrogen (secondary N) is 1. The zero-order chi connectivity index (χ0) is 14.5. The third-order valence-corrected chi connectivity index (χ3v) is 4.63. The predicted octanol–water partition coefficient (Wildman–Crippen LogP) is 1.80. The van der Waals surface area contributed by atoms with Crippen molar-refractivity contribution >= 4 is 17.3 Å². The van der Waals surface area contributed by atoms with Crippen molar-refractivity contribution < 1.29 is 9.90 Å². The number of hydrogen-bond donors (Lipinski definition) is 2. The molecule has 0 bridgehead atoms. The highest BCUT2D eigenvalue weighted by atomic mass is 32.1. The van der Waals surface area contributed by atoms with E-state index in [1.165, 1.54) is 17.8 Å². The van der Waals surface area contributed by atoms with Gasteiger partial charge in [0.25, 0.3) is 0 Å². The van der Waals surface area contributed by atoms with Crippen molar-refractivity contribution in [1.82, 2.24) is 15.2 Å². The lowest BCUT2D eigenvalue weighted by molar-refractivity contribution is 0.0700. The van der Waals surface area contributed by atoms with Gasteiger partial charge >= 0.3 is 5.97 Å². The lowest BCUT2D eigenvalue weighted by atomic mass is 10.1. The molecule has 0 amide bonds. The number of carbonyl (C=O) groups is 1. The van der Waals surface area contributed by atoms with Crippen molar-refractivity contribution in [3.05, 3.63) is 15.6 Å². The molecular weight excluding hydrogens is 274 g/mol. The first-order valence-corrected chi connectivity index (χ1v) is 8.05. The first-order valence-electron chi connectivity index (χ1n) is 7.24. The molecule has 0 saturated carbocycles. The van der Waals surface area contributed by atoms with Gasteiger partial charge in [0.1, 0.15) is 4.88 Å². The molecule has 1 aromatic heterocycles. The van der Waals surface area contributed by atoms with E-state index >= 15 is 0 Å². The fourth-order valence-electron chi connectivity index (χ4n) is 2.41. The molecule has 1 aliphatic heterocycles. The monoisotopic (exact) mass is 297 g/mol. The standard InChI is InChI=1S/C14H23N3O2S/c1-10(2)12-13(14(18)19)20-11(16-12)4-8-17-7-3-5-15-6-9-17/h10,15H,3-9H2,1-2H3,(H,18,19). The highest BCUT2D eigenvalue weighted by Gasteiger charge is 2.20. The van der Waals surface area contributed by atoms with Gasteiger partial charge in [-0.2, -0.15) is 0 Å². The predicted molar refractivity (Wildman–Crippen MR) is 80.8 cm³/mol. The smallest absolute Gasteiger partial charge is 0.347 e. The lowest BCUT2D eigenvalue weighted by Gasteiger charge is -2.18. The molecule has 0 spiro atoms. The van der Waals surface area contributed by atoms with Gasteiger partial charge in [0.2, 0.25) is 0 Å². The minimum atomic E-state index is -0.851. The summed E-state index contributed by atoms with van der Waals surface area (Å²) in [5, 5.41) is 13.6. The van der Waals surface area contributed by atoms with Crippen LogP contribution in [0, 0.1) is 0 Å². The normalized spacial score (nSPS) is 17.4. The van der Waals surface area contributed by atoms with Crippen molar-refractivity contribution in [2.75, 3.05) is 32.7 Å². The van der Waals surface area contributed by atoms with E-state index in [0.717, 1.165) is 49.8 Å². The molecule has 1 aliphatic rings. The Balaban J connectivity index is 1.98. The fourth-order valence-corrected chi connectivity index (χ4v) is 3.45. The largest absolute Gasteiger partial charge is 0.477 e. The molecule has 0 atom stereocenters. The third kappa shape index (κ3) is 4.01. The van der Waals surface area contributed by atoms with Crippen molar-refractivity contribution in [2.24, 2.45) is 0 Å². The van der Waals surface area contributed by atoms with Crippen LogP contribution in [0.1, 0.15) is 46.6 Å². The number of carboxylic acids is 1. The summed E-state index contributed by atoms with van der Waals surface area (Å²) < 4.78 is 0. The topological polar surface area (TPSA) is 65.5 Å². The van der Waals surface area contributed by atoms with Crippen LogP contribution in [0.5, 0.6) is 0 Å². The van der Waals surface area contributed by atoms with Crippen molar-refractivity contribution in [1.29, 1.82) is 0 Å². The number of carboxylic acid groups (broad SMARTS) is 1. The molecule has 5 nitrogen and oxygen atoms in total. The molecule has 2 rings (SSSR count). The molecule has 0 aliphatic carbocycles. The van der Waals surface area contributed by atoms with E-state index in [1.807, 2.05) is 13.8 Å². The van der Waals surface area contributed by atoms with Gasteiger partial charge < -0.3 is 15.3 Å². The van der Waals surface area contributed by atoms with Crippen molar-refractivity contribution in [3.8, 4) is 0 Å². The summed E-state index contributed by atoms with van der Waals surface area (Å²) in [6.45, 7) is 9.25. The maximum absolute atomic E-state index is 11.2. The average Bonchev–Trinajstić information content (AvgIpc) is 2.67. The van der Waals surface area contributed by atoms with E-state index in [2.05, 4.69) is 15.2 Å². The molecule has 1 saturated heterocycles. The van der Waals surface area contributed by atoms with Gasteiger partial charge in [0.15, 0.2) is 0 Å². The van der Waals surface area contributed by atoms with E-state index in [9.17, 15) is 9.90 Å². The summed E-state index contributed by atoms with van der Waals surface area (Å²) >= 11 is 1.34. The van der Waals surface area contributed by atoms with Crippen LogP contribution in [0.15, 0.2) is 0 Å². The van der Waals surface area contributed by atoms with Gasteiger partial charge in [-0.05, 0) is 25.4 Å². The average molecular weight is 297 g/mol. The van der Waals surface area contributed by atoms with Crippen LogP contribution in [0.4, 0.5) is 0 Å². The van der Waals surface area contributed by atoms with Crippen LogP contribution in [0.25, 0.3) is 0 Å². The zero-order valence-electron chi connectivity index (χ0n) is 12.2. The van der Waals surface area contributed by atoms with Crippen LogP contribution in [-0.4, -0.2) is 53.7 Å². The van der Waals surface area contributed by atoms with Gasteiger partial charge in [-0.25, -0.2) is 9.78 Å². The Morgan fingerprint density at radius 2 is 2.25 bits per heavy atom. The second-order valence-corrected chi connectivity index (χ2v) is 6.56. The Bertz CT molecular complexity index is 451. The molecule has 2 N–H and O–H groups in total. The highest BCUT2D eigenvalue weighted by molar-refractivity contribution is 7.13. The van der Waals surface area contributed by atoms with Crippen LogP contribution in [0.3, 0.4) is 0 Å². The summed E-state index contributed by atoms with van der Waals surface area (Å²) in [5.74, 6) is -0.690. The second-order valence-electron chi connectivity index (χ2n) is 5.48. The molecule has 0 radical (unpaired) electrons. The molecule has 0 aromatic carbocycles. The van der Waals surface area contributed by atoms with E-state index in [1.54, 1.807) is 0 Å². The van der Waals surface area contributed by atoms with E-state index in [-0.39, 0.29) is 5.92 Å². The van der Waals surface area contributed by atoms with Crippen molar-refractivity contribution in [3.63, 3.8) is 0 Å². The SMILES string of the molecule is CC(C)c1nc(CCN2CCCNCC2)sc1C(=O)O. The Morgan fingerprint density at radius 1 is 1.45 bits per heavy atom. The first kappa shape index (κ1) is 15.4.